The fourth-order valence-corrected chi connectivity index (χ4v) is 2.36. The Kier molecular flexibility index (Phi) is 3.39. The van der Waals surface area contributed by atoms with Crippen LogP contribution in [0.3, 0.4) is 0 Å². The minimum Gasteiger partial charge on any atom is -0.315 e. The average molecular weight is 286 g/mol. The van der Waals surface area contributed by atoms with Crippen LogP contribution >= 0.6 is 11.5 Å². The Morgan fingerprint density at radius 2 is 1.90 bits per heavy atom. The fraction of sp³-hybridized carbons (Fsp3) is 0.0714. The molecule has 1 N–H and O–H groups in total. The van der Waals surface area contributed by atoms with E-state index in [0.29, 0.717) is 10.9 Å². The van der Waals surface area contributed by atoms with Gasteiger partial charge in [-0.25, -0.2) is 14.4 Å². The summed E-state index contributed by atoms with van der Waals surface area (Å²) in [7, 11) is 0. The molecule has 6 heteroatoms. The van der Waals surface area contributed by atoms with E-state index in [1.54, 1.807) is 18.3 Å². The Bertz CT molecular complexity index is 724. The van der Waals surface area contributed by atoms with Gasteiger partial charge in [0.2, 0.25) is 5.13 Å². The molecule has 4 nitrogen and oxygen atoms in total. The lowest BCUT2D eigenvalue weighted by atomic mass is 10.1. The Hall–Kier alpha value is -2.34. The second-order valence-electron chi connectivity index (χ2n) is 4.21. The summed E-state index contributed by atoms with van der Waals surface area (Å²) >= 11 is 1.29. The van der Waals surface area contributed by atoms with Gasteiger partial charge < -0.3 is 5.32 Å². The van der Waals surface area contributed by atoms with Crippen LogP contribution < -0.4 is 5.32 Å². The van der Waals surface area contributed by atoms with Crippen LogP contribution in [-0.4, -0.2) is 14.3 Å². The summed E-state index contributed by atoms with van der Waals surface area (Å²) < 4.78 is 17.0. The molecule has 3 rings (SSSR count). The Morgan fingerprint density at radius 1 is 1.10 bits per heavy atom. The van der Waals surface area contributed by atoms with Gasteiger partial charge in [0.25, 0.3) is 0 Å². The maximum Gasteiger partial charge on any atom is 0.208 e. The van der Waals surface area contributed by atoms with Crippen LogP contribution in [0.5, 0.6) is 0 Å². The molecule has 2 aromatic heterocycles. The zero-order valence-corrected chi connectivity index (χ0v) is 11.5. The Balaban J connectivity index is 1.87. The molecule has 0 spiro atoms. The molecule has 0 unspecified atom stereocenters. The van der Waals surface area contributed by atoms with E-state index in [0.717, 1.165) is 17.0 Å². The molecule has 3 aromatic rings. The number of anilines is 2. The molecule has 0 saturated carbocycles. The van der Waals surface area contributed by atoms with Gasteiger partial charge in [0.15, 0.2) is 0 Å². The van der Waals surface area contributed by atoms with Crippen molar-refractivity contribution in [1.82, 2.24) is 14.3 Å². The van der Waals surface area contributed by atoms with Gasteiger partial charge >= 0.3 is 0 Å². The van der Waals surface area contributed by atoms with Crippen molar-refractivity contribution in [2.75, 3.05) is 5.32 Å². The highest BCUT2D eigenvalue weighted by atomic mass is 32.1. The van der Waals surface area contributed by atoms with Gasteiger partial charge in [0.05, 0.1) is 0 Å². The Labute approximate surface area is 119 Å². The minimum absolute atomic E-state index is 0.245. The van der Waals surface area contributed by atoms with Crippen LogP contribution in [0, 0.1) is 12.7 Å². The van der Waals surface area contributed by atoms with Crippen LogP contribution in [0.2, 0.25) is 0 Å². The van der Waals surface area contributed by atoms with Crippen LogP contribution in [0.15, 0.2) is 42.6 Å². The van der Waals surface area contributed by atoms with Crippen molar-refractivity contribution in [3.05, 3.63) is 54.2 Å². The number of aryl methyl sites for hydroxylation is 1. The Morgan fingerprint density at radius 3 is 2.60 bits per heavy atom. The molecule has 1 aromatic carbocycles. The van der Waals surface area contributed by atoms with Gasteiger partial charge in [0, 0.05) is 17.7 Å². The maximum atomic E-state index is 12.9. The average Bonchev–Trinajstić information content (AvgIpc) is 2.85. The van der Waals surface area contributed by atoms with Gasteiger partial charge in [-0.3, -0.25) is 0 Å². The van der Waals surface area contributed by atoms with E-state index in [2.05, 4.69) is 19.7 Å². The molecule has 0 aliphatic heterocycles. The lowest BCUT2D eigenvalue weighted by molar-refractivity contribution is 0.628. The zero-order valence-electron chi connectivity index (χ0n) is 10.7. The molecule has 0 amide bonds. The highest BCUT2D eigenvalue weighted by Crippen LogP contribution is 2.23. The molecular weight excluding hydrogens is 275 g/mol. The summed E-state index contributed by atoms with van der Waals surface area (Å²) in [5.41, 5.74) is 1.90. The monoisotopic (exact) mass is 286 g/mol. The standard InChI is InChI=1S/C14H11FN4S/c1-9-17-14(20-19-9)18-13-8-11(6-7-16-13)10-2-4-12(15)5-3-10/h2-8H,1H3,(H,16,17,18,19). The van der Waals surface area contributed by atoms with Crippen molar-refractivity contribution in [1.29, 1.82) is 0 Å². The summed E-state index contributed by atoms with van der Waals surface area (Å²) in [6.07, 6.45) is 1.70. The van der Waals surface area contributed by atoms with Crippen molar-refractivity contribution >= 4 is 22.5 Å². The number of hydrogen-bond acceptors (Lipinski definition) is 5. The second kappa shape index (κ2) is 5.34. The highest BCUT2D eigenvalue weighted by molar-refractivity contribution is 7.09. The highest BCUT2D eigenvalue weighted by Gasteiger charge is 2.04. The lowest BCUT2D eigenvalue weighted by Gasteiger charge is -2.05. The minimum atomic E-state index is -0.245. The number of rotatable bonds is 3. The van der Waals surface area contributed by atoms with Crippen molar-refractivity contribution in [2.45, 2.75) is 6.92 Å². The lowest BCUT2D eigenvalue weighted by Crippen LogP contribution is -1.93. The molecule has 0 saturated heterocycles. The van der Waals surface area contributed by atoms with E-state index in [1.165, 1.54) is 23.7 Å². The fourth-order valence-electron chi connectivity index (χ4n) is 1.78. The molecule has 2 heterocycles. The van der Waals surface area contributed by atoms with Crippen molar-refractivity contribution in [3.8, 4) is 11.1 Å². The van der Waals surface area contributed by atoms with Gasteiger partial charge in [-0.1, -0.05) is 12.1 Å². The summed E-state index contributed by atoms with van der Waals surface area (Å²) in [6.45, 7) is 1.84. The van der Waals surface area contributed by atoms with Crippen molar-refractivity contribution in [2.24, 2.45) is 0 Å². The van der Waals surface area contributed by atoms with Gasteiger partial charge in [0.1, 0.15) is 17.5 Å². The van der Waals surface area contributed by atoms with Crippen molar-refractivity contribution < 1.29 is 4.39 Å². The molecule has 0 aliphatic carbocycles. The van der Waals surface area contributed by atoms with E-state index >= 15 is 0 Å². The normalized spacial score (nSPS) is 10.5. The molecule has 100 valence electrons. The maximum absolute atomic E-state index is 12.9. The van der Waals surface area contributed by atoms with Crippen molar-refractivity contribution in [3.63, 3.8) is 0 Å². The smallest absolute Gasteiger partial charge is 0.208 e. The first-order valence-corrected chi connectivity index (χ1v) is 6.77. The van der Waals surface area contributed by atoms with E-state index in [4.69, 9.17) is 0 Å². The molecule has 0 bridgehead atoms. The summed E-state index contributed by atoms with van der Waals surface area (Å²) in [4.78, 5) is 8.47. The number of nitrogens with zero attached hydrogens (tertiary/aromatic N) is 3. The number of aromatic nitrogens is 3. The SMILES string of the molecule is Cc1nsc(Nc2cc(-c3ccc(F)cc3)ccn2)n1. The third-order valence-electron chi connectivity index (χ3n) is 2.70. The third kappa shape index (κ3) is 2.80. The van der Waals surface area contributed by atoms with Crippen LogP contribution in [0.25, 0.3) is 11.1 Å². The summed E-state index contributed by atoms with van der Waals surface area (Å²) in [5.74, 6) is 1.17. The second-order valence-corrected chi connectivity index (χ2v) is 4.96. The molecule has 0 radical (unpaired) electrons. The predicted molar refractivity (Wildman–Crippen MR) is 77.6 cm³/mol. The topological polar surface area (TPSA) is 50.7 Å². The van der Waals surface area contributed by atoms with E-state index in [1.807, 2.05) is 19.1 Å². The first-order valence-electron chi connectivity index (χ1n) is 6.00. The molecule has 0 aliphatic rings. The molecular formula is C14H11FN4S. The number of hydrogen-bond donors (Lipinski definition) is 1. The van der Waals surface area contributed by atoms with E-state index in [-0.39, 0.29) is 5.82 Å². The van der Waals surface area contributed by atoms with E-state index in [9.17, 15) is 4.39 Å². The molecule has 0 atom stereocenters. The quantitative estimate of drug-likeness (QED) is 0.796. The van der Waals surface area contributed by atoms with Gasteiger partial charge in [-0.05, 0) is 42.3 Å². The summed E-state index contributed by atoms with van der Waals surface area (Å²) in [6, 6.07) is 10.1. The van der Waals surface area contributed by atoms with E-state index < -0.39 is 0 Å². The van der Waals surface area contributed by atoms with Crippen LogP contribution in [0.1, 0.15) is 5.82 Å². The largest absolute Gasteiger partial charge is 0.315 e. The summed E-state index contributed by atoms with van der Waals surface area (Å²) in [5, 5.41) is 3.81. The predicted octanol–water partition coefficient (Wildman–Crippen LogP) is 3.79. The van der Waals surface area contributed by atoms with Crippen LogP contribution in [-0.2, 0) is 0 Å². The number of benzene rings is 1. The third-order valence-corrected chi connectivity index (χ3v) is 3.42. The van der Waals surface area contributed by atoms with Gasteiger partial charge in [-0.15, -0.1) is 0 Å². The molecule has 0 fully saturated rings. The number of halogens is 1. The van der Waals surface area contributed by atoms with Crippen LogP contribution in [0.4, 0.5) is 15.3 Å². The number of pyridine rings is 1. The first-order chi connectivity index (χ1) is 9.70. The number of nitrogens with one attached hydrogen (secondary N) is 1. The van der Waals surface area contributed by atoms with Gasteiger partial charge in [-0.2, -0.15) is 4.37 Å². The first kappa shape index (κ1) is 12.7. The molecule has 20 heavy (non-hydrogen) atoms. The zero-order chi connectivity index (χ0) is 13.9.